The van der Waals surface area contributed by atoms with Crippen molar-refractivity contribution >= 4 is 5.91 Å². The van der Waals surface area contributed by atoms with E-state index in [1.54, 1.807) is 0 Å². The van der Waals surface area contributed by atoms with Crippen LogP contribution >= 0.6 is 0 Å². The molecular formula is C15H13NO2. The predicted molar refractivity (Wildman–Crippen MR) is 71.0 cm³/mol. The Hall–Kier alpha value is -2.29. The second-order valence-electron chi connectivity index (χ2n) is 4.05. The molecule has 0 saturated carbocycles. The normalized spacial score (nSPS) is 10.0. The van der Waals surface area contributed by atoms with Crippen molar-refractivity contribution in [2.24, 2.45) is 5.18 Å². The predicted octanol–water partition coefficient (Wildman–Crippen LogP) is 3.58. The van der Waals surface area contributed by atoms with Crippen molar-refractivity contribution in [3.63, 3.8) is 0 Å². The molecule has 2 aromatic carbocycles. The van der Waals surface area contributed by atoms with E-state index < -0.39 is 5.91 Å². The van der Waals surface area contributed by atoms with Gasteiger partial charge < -0.3 is 0 Å². The molecule has 2 aromatic rings. The van der Waals surface area contributed by atoms with Crippen molar-refractivity contribution in [1.29, 1.82) is 0 Å². The number of amides is 1. The number of nitrogens with zero attached hydrogens (tertiary/aromatic N) is 1. The fraction of sp³-hybridized carbons (Fsp3) is 0.133. The number of aryl methyl sites for hydroxylation is 1. The minimum Gasteiger partial charge on any atom is -0.269 e. The molecule has 0 aliphatic heterocycles. The van der Waals surface area contributed by atoms with Crippen molar-refractivity contribution in [3.8, 4) is 11.1 Å². The molecule has 18 heavy (non-hydrogen) atoms. The van der Waals surface area contributed by atoms with Gasteiger partial charge in [0.05, 0.1) is 0 Å². The Morgan fingerprint density at radius 2 is 1.50 bits per heavy atom. The van der Waals surface area contributed by atoms with E-state index in [4.69, 9.17) is 0 Å². The number of carbonyl (C=O) groups is 1. The van der Waals surface area contributed by atoms with Gasteiger partial charge in [0, 0.05) is 11.6 Å². The van der Waals surface area contributed by atoms with E-state index in [9.17, 15) is 9.70 Å². The highest BCUT2D eigenvalue weighted by Gasteiger charge is 2.02. The Morgan fingerprint density at radius 3 is 2.11 bits per heavy atom. The van der Waals surface area contributed by atoms with Crippen LogP contribution in [0.1, 0.15) is 12.0 Å². The van der Waals surface area contributed by atoms with Crippen LogP contribution in [0, 0.1) is 4.91 Å². The average molecular weight is 239 g/mol. The standard InChI is InChI=1S/C15H13NO2/c17-15(16-18)11-8-12-6-9-14(10-7-12)13-4-2-1-3-5-13/h1-7,9-10H,8,11H2. The molecule has 0 unspecified atom stereocenters. The van der Waals surface area contributed by atoms with Crippen LogP contribution in [-0.4, -0.2) is 5.91 Å². The van der Waals surface area contributed by atoms with Crippen molar-refractivity contribution < 1.29 is 4.79 Å². The molecule has 0 aromatic heterocycles. The first kappa shape index (κ1) is 12.2. The summed E-state index contributed by atoms with van der Waals surface area (Å²) in [5.41, 5.74) is 3.33. The van der Waals surface area contributed by atoms with Gasteiger partial charge in [0.1, 0.15) is 0 Å². The number of nitroso groups, excluding NO2 is 1. The highest BCUT2D eigenvalue weighted by Crippen LogP contribution is 2.19. The van der Waals surface area contributed by atoms with Gasteiger partial charge in [-0.25, -0.2) is 0 Å². The van der Waals surface area contributed by atoms with E-state index in [1.807, 2.05) is 42.5 Å². The van der Waals surface area contributed by atoms with Crippen molar-refractivity contribution in [1.82, 2.24) is 0 Å². The maximum atomic E-state index is 10.8. The van der Waals surface area contributed by atoms with Crippen LogP contribution in [0.3, 0.4) is 0 Å². The zero-order valence-corrected chi connectivity index (χ0v) is 9.87. The first-order valence-corrected chi connectivity index (χ1v) is 5.80. The first-order chi connectivity index (χ1) is 8.79. The number of hydrogen-bond donors (Lipinski definition) is 0. The molecule has 90 valence electrons. The first-order valence-electron chi connectivity index (χ1n) is 5.80. The van der Waals surface area contributed by atoms with E-state index in [-0.39, 0.29) is 6.42 Å². The molecule has 2 rings (SSSR count). The second-order valence-corrected chi connectivity index (χ2v) is 4.05. The highest BCUT2D eigenvalue weighted by atomic mass is 16.3. The minimum atomic E-state index is -0.595. The lowest BCUT2D eigenvalue weighted by Crippen LogP contribution is -1.95. The summed E-state index contributed by atoms with van der Waals surface area (Å²) in [6.45, 7) is 0. The summed E-state index contributed by atoms with van der Waals surface area (Å²) in [5.74, 6) is -0.595. The molecule has 0 spiro atoms. The van der Waals surface area contributed by atoms with Gasteiger partial charge in [-0.3, -0.25) is 4.79 Å². The third kappa shape index (κ3) is 3.10. The van der Waals surface area contributed by atoms with Crippen LogP contribution in [0.15, 0.2) is 59.8 Å². The molecule has 0 saturated heterocycles. The zero-order valence-electron chi connectivity index (χ0n) is 9.87. The fourth-order valence-corrected chi connectivity index (χ4v) is 1.79. The van der Waals surface area contributed by atoms with Crippen LogP contribution in [0.25, 0.3) is 11.1 Å². The molecule has 3 heteroatoms. The quantitative estimate of drug-likeness (QED) is 0.765. The topological polar surface area (TPSA) is 46.5 Å². The Kier molecular flexibility index (Phi) is 3.97. The highest BCUT2D eigenvalue weighted by molar-refractivity contribution is 5.76. The lowest BCUT2D eigenvalue weighted by atomic mass is 10.0. The lowest BCUT2D eigenvalue weighted by molar-refractivity contribution is -0.117. The van der Waals surface area contributed by atoms with Crippen LogP contribution in [0.5, 0.6) is 0 Å². The molecule has 3 nitrogen and oxygen atoms in total. The molecule has 0 radical (unpaired) electrons. The van der Waals surface area contributed by atoms with Crippen LogP contribution in [0.2, 0.25) is 0 Å². The Balaban J connectivity index is 2.06. The summed E-state index contributed by atoms with van der Waals surface area (Å²) >= 11 is 0. The number of carbonyl (C=O) groups excluding carboxylic acids is 1. The number of hydrogen-bond acceptors (Lipinski definition) is 2. The van der Waals surface area contributed by atoms with Gasteiger partial charge in [0.2, 0.25) is 0 Å². The largest absolute Gasteiger partial charge is 0.286 e. The van der Waals surface area contributed by atoms with E-state index in [0.29, 0.717) is 6.42 Å². The third-order valence-electron chi connectivity index (χ3n) is 2.79. The van der Waals surface area contributed by atoms with Crippen molar-refractivity contribution in [2.45, 2.75) is 12.8 Å². The molecule has 0 heterocycles. The summed E-state index contributed by atoms with van der Waals surface area (Å²) in [6, 6.07) is 18.1. The number of benzene rings is 2. The van der Waals surface area contributed by atoms with Gasteiger partial charge in [0.25, 0.3) is 5.91 Å². The van der Waals surface area contributed by atoms with Crippen LogP contribution < -0.4 is 0 Å². The molecule has 0 N–H and O–H groups in total. The maximum Gasteiger partial charge on any atom is 0.286 e. The van der Waals surface area contributed by atoms with Gasteiger partial charge in [-0.05, 0) is 23.1 Å². The molecular weight excluding hydrogens is 226 g/mol. The Bertz CT molecular complexity index is 532. The van der Waals surface area contributed by atoms with E-state index in [2.05, 4.69) is 17.3 Å². The maximum absolute atomic E-state index is 10.8. The molecule has 0 atom stereocenters. The van der Waals surface area contributed by atoms with Crippen molar-refractivity contribution in [2.75, 3.05) is 0 Å². The van der Waals surface area contributed by atoms with Gasteiger partial charge >= 0.3 is 0 Å². The van der Waals surface area contributed by atoms with E-state index >= 15 is 0 Å². The zero-order chi connectivity index (χ0) is 12.8. The number of rotatable bonds is 4. The summed E-state index contributed by atoms with van der Waals surface area (Å²) in [7, 11) is 0. The smallest absolute Gasteiger partial charge is 0.269 e. The lowest BCUT2D eigenvalue weighted by Gasteiger charge is -2.03. The molecule has 0 bridgehead atoms. The molecule has 0 aliphatic rings. The molecule has 0 aliphatic carbocycles. The van der Waals surface area contributed by atoms with Crippen LogP contribution in [0.4, 0.5) is 0 Å². The van der Waals surface area contributed by atoms with Crippen LogP contribution in [-0.2, 0) is 11.2 Å². The summed E-state index contributed by atoms with van der Waals surface area (Å²) in [5, 5.41) is 2.38. The Labute approximate surface area is 105 Å². The summed E-state index contributed by atoms with van der Waals surface area (Å²) < 4.78 is 0. The van der Waals surface area contributed by atoms with Gasteiger partial charge in [0.15, 0.2) is 0 Å². The fourth-order valence-electron chi connectivity index (χ4n) is 1.79. The molecule has 0 fully saturated rings. The van der Waals surface area contributed by atoms with Gasteiger partial charge in [-0.2, -0.15) is 0 Å². The third-order valence-corrected chi connectivity index (χ3v) is 2.79. The van der Waals surface area contributed by atoms with Gasteiger partial charge in [-0.15, -0.1) is 4.91 Å². The summed E-state index contributed by atoms with van der Waals surface area (Å²) in [6.07, 6.45) is 0.730. The van der Waals surface area contributed by atoms with Gasteiger partial charge in [-0.1, -0.05) is 54.6 Å². The minimum absolute atomic E-state index is 0.175. The Morgan fingerprint density at radius 1 is 0.889 bits per heavy atom. The average Bonchev–Trinajstić information content (AvgIpc) is 2.46. The second kappa shape index (κ2) is 5.87. The van der Waals surface area contributed by atoms with Crippen molar-refractivity contribution in [3.05, 3.63) is 65.1 Å². The monoisotopic (exact) mass is 239 g/mol. The van der Waals surface area contributed by atoms with E-state index in [0.717, 1.165) is 16.7 Å². The summed E-state index contributed by atoms with van der Waals surface area (Å²) in [4.78, 5) is 20.8. The molecule has 1 amide bonds. The van der Waals surface area contributed by atoms with E-state index in [1.165, 1.54) is 0 Å². The SMILES string of the molecule is O=NC(=O)CCc1ccc(-c2ccccc2)cc1.